The van der Waals surface area contributed by atoms with Crippen LogP contribution < -0.4 is 4.90 Å². The van der Waals surface area contributed by atoms with Gasteiger partial charge in [0.15, 0.2) is 0 Å². The number of hydrogen-bond acceptors (Lipinski definition) is 2. The van der Waals surface area contributed by atoms with Gasteiger partial charge in [-0.05, 0) is 115 Å². The summed E-state index contributed by atoms with van der Waals surface area (Å²) >= 11 is 0. The molecule has 1 aromatic heterocycles. The van der Waals surface area contributed by atoms with Crippen LogP contribution in [-0.4, -0.2) is 0 Å². The molecule has 2 aliphatic carbocycles. The molecule has 0 saturated heterocycles. The highest BCUT2D eigenvalue weighted by Gasteiger charge is 2.38. The average molecular weight is 796 g/mol. The summed E-state index contributed by atoms with van der Waals surface area (Å²) < 4.78 is 6.29. The number of anilines is 3. The van der Waals surface area contributed by atoms with Crippen LogP contribution in [-0.2, 0) is 10.8 Å². The van der Waals surface area contributed by atoms with E-state index in [-0.39, 0.29) is 10.8 Å². The van der Waals surface area contributed by atoms with E-state index in [1.54, 1.807) is 0 Å². The number of furan rings is 1. The van der Waals surface area contributed by atoms with Crippen molar-refractivity contribution < 1.29 is 4.42 Å². The van der Waals surface area contributed by atoms with Crippen LogP contribution in [0.25, 0.3) is 77.6 Å². The maximum absolute atomic E-state index is 6.29. The first kappa shape index (κ1) is 36.4. The molecule has 1 heterocycles. The summed E-state index contributed by atoms with van der Waals surface area (Å²) in [5.74, 6) is 0. The van der Waals surface area contributed by atoms with Crippen LogP contribution in [0.1, 0.15) is 49.9 Å². The number of rotatable bonds is 6. The number of fused-ring (bicyclic) bond motifs is 9. The Balaban J connectivity index is 1.05. The van der Waals surface area contributed by atoms with Gasteiger partial charge < -0.3 is 9.32 Å². The molecule has 0 N–H and O–H groups in total. The zero-order valence-electron chi connectivity index (χ0n) is 35.4. The topological polar surface area (TPSA) is 16.4 Å². The van der Waals surface area contributed by atoms with E-state index in [2.05, 4.69) is 221 Å². The van der Waals surface area contributed by atoms with Gasteiger partial charge in [0, 0.05) is 38.4 Å². The first-order valence-electron chi connectivity index (χ1n) is 21.8. The molecule has 0 fully saturated rings. The van der Waals surface area contributed by atoms with Crippen molar-refractivity contribution in [1.29, 1.82) is 0 Å². The first-order chi connectivity index (χ1) is 30.3. The Labute approximate surface area is 363 Å². The van der Waals surface area contributed by atoms with E-state index in [0.29, 0.717) is 0 Å². The Morgan fingerprint density at radius 2 is 0.871 bits per heavy atom. The number of benzene rings is 9. The van der Waals surface area contributed by atoms with Gasteiger partial charge in [-0.15, -0.1) is 0 Å². The maximum atomic E-state index is 6.29. The minimum atomic E-state index is -0.107. The van der Waals surface area contributed by atoms with E-state index in [1.807, 2.05) is 12.1 Å². The second-order valence-electron chi connectivity index (χ2n) is 18.1. The average Bonchev–Trinajstić information content (AvgIpc) is 3.89. The highest BCUT2D eigenvalue weighted by Crippen LogP contribution is 2.55. The van der Waals surface area contributed by atoms with Gasteiger partial charge in [-0.3, -0.25) is 0 Å². The fourth-order valence-electron chi connectivity index (χ4n) is 10.8. The van der Waals surface area contributed by atoms with Crippen LogP contribution in [0.5, 0.6) is 0 Å². The van der Waals surface area contributed by atoms with E-state index in [1.165, 1.54) is 66.8 Å². The van der Waals surface area contributed by atoms with E-state index in [4.69, 9.17) is 4.42 Å². The van der Waals surface area contributed by atoms with Crippen molar-refractivity contribution in [2.24, 2.45) is 0 Å². The number of nitrogens with zero attached hydrogens (tertiary/aromatic N) is 1. The lowest BCUT2D eigenvalue weighted by Gasteiger charge is -2.30. The quantitative estimate of drug-likeness (QED) is 0.167. The monoisotopic (exact) mass is 795 g/mol. The van der Waals surface area contributed by atoms with Crippen LogP contribution in [0, 0.1) is 0 Å². The van der Waals surface area contributed by atoms with Crippen molar-refractivity contribution in [3.63, 3.8) is 0 Å². The second kappa shape index (κ2) is 13.5. The highest BCUT2D eigenvalue weighted by molar-refractivity contribution is 6.07. The zero-order valence-corrected chi connectivity index (χ0v) is 35.4. The molecule has 0 aliphatic heterocycles. The highest BCUT2D eigenvalue weighted by atomic mass is 16.3. The predicted molar refractivity (Wildman–Crippen MR) is 260 cm³/mol. The number of hydrogen-bond donors (Lipinski definition) is 0. The number of para-hydroxylation sites is 3. The van der Waals surface area contributed by atoms with Crippen molar-refractivity contribution in [3.05, 3.63) is 222 Å². The van der Waals surface area contributed by atoms with Gasteiger partial charge in [-0.25, -0.2) is 0 Å². The molecular weight excluding hydrogens is 751 g/mol. The zero-order chi connectivity index (χ0) is 41.7. The molecule has 12 rings (SSSR count). The third-order valence-corrected chi connectivity index (χ3v) is 13.9. The summed E-state index contributed by atoms with van der Waals surface area (Å²) in [5, 5.41) is 2.24. The third-order valence-electron chi connectivity index (χ3n) is 13.9. The van der Waals surface area contributed by atoms with Gasteiger partial charge >= 0.3 is 0 Å². The fourth-order valence-corrected chi connectivity index (χ4v) is 10.8. The smallest absolute Gasteiger partial charge is 0.135 e. The minimum absolute atomic E-state index is 0.0262. The van der Waals surface area contributed by atoms with Crippen LogP contribution in [0.2, 0.25) is 0 Å². The van der Waals surface area contributed by atoms with Crippen LogP contribution in [0.15, 0.2) is 205 Å². The largest absolute Gasteiger partial charge is 0.456 e. The molecule has 0 atom stereocenters. The molecular formula is C60H45NO. The lowest BCUT2D eigenvalue weighted by atomic mass is 9.82. The molecule has 0 radical (unpaired) electrons. The molecule has 62 heavy (non-hydrogen) atoms. The molecule has 2 aliphatic rings. The maximum Gasteiger partial charge on any atom is 0.135 e. The molecule has 0 unspecified atom stereocenters. The summed E-state index contributed by atoms with van der Waals surface area (Å²) in [5.41, 5.74) is 22.9. The van der Waals surface area contributed by atoms with Gasteiger partial charge in [-0.2, -0.15) is 0 Å². The Morgan fingerprint density at radius 1 is 0.339 bits per heavy atom. The molecule has 0 saturated carbocycles. The predicted octanol–water partition coefficient (Wildman–Crippen LogP) is 16.7. The van der Waals surface area contributed by atoms with Crippen LogP contribution in [0.3, 0.4) is 0 Å². The second-order valence-corrected chi connectivity index (χ2v) is 18.1. The summed E-state index contributed by atoms with van der Waals surface area (Å²) in [6.07, 6.45) is 0. The molecule has 0 amide bonds. The van der Waals surface area contributed by atoms with Crippen molar-refractivity contribution in [1.82, 2.24) is 0 Å². The third kappa shape index (κ3) is 5.36. The lowest BCUT2D eigenvalue weighted by molar-refractivity contribution is 0.660. The molecule has 2 nitrogen and oxygen atoms in total. The fraction of sp³-hybridized carbons (Fsp3) is 0.100. The molecule has 0 bridgehead atoms. The Morgan fingerprint density at radius 3 is 1.66 bits per heavy atom. The van der Waals surface area contributed by atoms with Gasteiger partial charge in [0.25, 0.3) is 0 Å². The summed E-state index contributed by atoms with van der Waals surface area (Å²) in [4.78, 5) is 2.47. The SMILES string of the molecule is CC1(C)c2ccccc2-c2cc(-c3ccc(N(c4ccccc4-c4ccc5oc6ccccc6c5c4)c4ccccc4-c4cccc5c4-c4ccccc4C5(C)C)cc3)ccc21. The minimum Gasteiger partial charge on any atom is -0.456 e. The summed E-state index contributed by atoms with van der Waals surface area (Å²) in [6, 6.07) is 73.7. The lowest BCUT2D eigenvalue weighted by Crippen LogP contribution is -2.15. The van der Waals surface area contributed by atoms with Crippen molar-refractivity contribution in [2.75, 3.05) is 4.90 Å². The molecule has 296 valence electrons. The van der Waals surface area contributed by atoms with E-state index in [9.17, 15) is 0 Å². The first-order valence-corrected chi connectivity index (χ1v) is 21.8. The van der Waals surface area contributed by atoms with Gasteiger partial charge in [-0.1, -0.05) is 179 Å². The Kier molecular flexibility index (Phi) is 7.96. The van der Waals surface area contributed by atoms with Gasteiger partial charge in [0.05, 0.1) is 11.4 Å². The molecule has 9 aromatic carbocycles. The van der Waals surface area contributed by atoms with E-state index >= 15 is 0 Å². The Bertz CT molecular complexity index is 3420. The van der Waals surface area contributed by atoms with Crippen molar-refractivity contribution >= 4 is 39.0 Å². The van der Waals surface area contributed by atoms with Gasteiger partial charge in [0.1, 0.15) is 11.2 Å². The van der Waals surface area contributed by atoms with Crippen LogP contribution in [0.4, 0.5) is 17.1 Å². The standard InChI is InChI=1S/C60H45NO/c1-59(2)50-22-10-5-17-43(50)48-36-39(30-34-52(48)59)38-28-32-41(33-29-38)61(54-25-12-7-16-42(54)40-31-35-57-49(37-40)45-19-9-14-27-56(45)62-57)55-26-13-8-18-44(55)46-21-15-24-53-58(46)47-20-6-11-23-51(47)60(53,3)4/h5-37H,1-4H3. The van der Waals surface area contributed by atoms with E-state index < -0.39 is 0 Å². The van der Waals surface area contributed by atoms with E-state index in [0.717, 1.165) is 50.1 Å². The van der Waals surface area contributed by atoms with Crippen molar-refractivity contribution in [3.8, 4) is 55.6 Å². The molecule has 10 aromatic rings. The summed E-state index contributed by atoms with van der Waals surface area (Å²) in [7, 11) is 0. The normalized spacial score (nSPS) is 14.1. The molecule has 2 heteroatoms. The summed E-state index contributed by atoms with van der Waals surface area (Å²) in [6.45, 7) is 9.40. The van der Waals surface area contributed by atoms with Crippen molar-refractivity contribution in [2.45, 2.75) is 38.5 Å². The van der Waals surface area contributed by atoms with Crippen LogP contribution >= 0.6 is 0 Å². The molecule has 0 spiro atoms. The van der Waals surface area contributed by atoms with Gasteiger partial charge in [0.2, 0.25) is 0 Å². The Hall–Kier alpha value is -7.42.